The third kappa shape index (κ3) is 9.39. The first-order valence-corrected chi connectivity index (χ1v) is 21.8. The van der Waals surface area contributed by atoms with E-state index in [-0.39, 0.29) is 43.5 Å². The number of nitrogens with one attached hydrogen (secondary N) is 1. The molecule has 0 saturated heterocycles. The van der Waals surface area contributed by atoms with E-state index in [0.717, 1.165) is 53.2 Å². The van der Waals surface area contributed by atoms with Gasteiger partial charge in [-0.3, -0.25) is 4.79 Å². The smallest absolute Gasteiger partial charge is 0.412 e. The lowest BCUT2D eigenvalue weighted by atomic mass is 9.55. The van der Waals surface area contributed by atoms with Crippen LogP contribution in [0.15, 0.2) is 120 Å². The molecule has 6 atom stereocenters. The number of rotatable bonds is 19. The van der Waals surface area contributed by atoms with E-state index >= 15 is 4.79 Å². The van der Waals surface area contributed by atoms with Crippen LogP contribution in [0.5, 0.6) is 11.5 Å². The van der Waals surface area contributed by atoms with Crippen LogP contribution in [0.25, 0.3) is 10.8 Å². The van der Waals surface area contributed by atoms with Crippen molar-refractivity contribution in [1.82, 2.24) is 10.2 Å². The number of aliphatic hydroxyl groups is 2. The van der Waals surface area contributed by atoms with Gasteiger partial charge in [0.25, 0.3) is 5.91 Å². The molecular formula is C50H59N3O8. The zero-order valence-electron chi connectivity index (χ0n) is 35.3. The normalized spacial score (nSPS) is 23.2. The lowest BCUT2D eigenvalue weighted by Crippen LogP contribution is -2.70. The molecule has 3 aliphatic rings. The Balaban J connectivity index is 1.38. The summed E-state index contributed by atoms with van der Waals surface area (Å²) in [5, 5.41) is 29.4. The minimum Gasteiger partial charge on any atom is -0.459 e. The second-order valence-corrected chi connectivity index (χ2v) is 16.2. The van der Waals surface area contributed by atoms with Gasteiger partial charge in [0.05, 0.1) is 18.2 Å². The quantitative estimate of drug-likeness (QED) is 0.0484. The van der Waals surface area contributed by atoms with Gasteiger partial charge >= 0.3 is 6.09 Å². The maximum absolute atomic E-state index is 15.1. The lowest BCUT2D eigenvalue weighted by Gasteiger charge is -2.60. The molecule has 0 spiro atoms. The van der Waals surface area contributed by atoms with E-state index in [2.05, 4.69) is 24.9 Å². The lowest BCUT2D eigenvalue weighted by molar-refractivity contribution is -0.254. The van der Waals surface area contributed by atoms with Gasteiger partial charge in [0.15, 0.2) is 0 Å². The van der Waals surface area contributed by atoms with Crippen LogP contribution in [0.1, 0.15) is 85.7 Å². The molecule has 0 bridgehead atoms. The van der Waals surface area contributed by atoms with Crippen molar-refractivity contribution in [2.75, 3.05) is 33.5 Å². The van der Waals surface area contributed by atoms with Gasteiger partial charge in [-0.1, -0.05) is 97.7 Å². The Morgan fingerprint density at radius 1 is 0.951 bits per heavy atom. The van der Waals surface area contributed by atoms with Crippen molar-refractivity contribution in [3.8, 4) is 11.5 Å². The molecule has 7 rings (SSSR count). The van der Waals surface area contributed by atoms with Gasteiger partial charge in [-0.25, -0.2) is 4.79 Å². The minimum absolute atomic E-state index is 0.0221. The van der Waals surface area contributed by atoms with Crippen molar-refractivity contribution in [1.29, 1.82) is 0 Å². The van der Waals surface area contributed by atoms with Crippen molar-refractivity contribution in [3.05, 3.63) is 132 Å². The average Bonchev–Trinajstić information content (AvgIpc) is 3.28. The fourth-order valence-corrected chi connectivity index (χ4v) is 9.86. The predicted molar refractivity (Wildman–Crippen MR) is 237 cm³/mol. The van der Waals surface area contributed by atoms with Crippen LogP contribution in [0.4, 0.5) is 4.79 Å². The van der Waals surface area contributed by atoms with Crippen LogP contribution in [0, 0.1) is 17.8 Å². The van der Waals surface area contributed by atoms with Crippen LogP contribution >= 0.6 is 0 Å². The SMILES string of the molecule is C=CCO[C@@]12Oc3ccc(OC(=O)NCc4ccccc4)cc3[C@H]3[C@H](CCCCO)[C@@H](CCCCO)C=C(C(=NOC)C[C@@H]1N(CCC)C(=O)c1ccc4ccccc4c1)[C@H]32. The highest BCUT2D eigenvalue weighted by Gasteiger charge is 2.65. The zero-order valence-corrected chi connectivity index (χ0v) is 35.3. The Bertz CT molecular complexity index is 2210. The highest BCUT2D eigenvalue weighted by Crippen LogP contribution is 2.62. The maximum atomic E-state index is 15.1. The van der Waals surface area contributed by atoms with Crippen molar-refractivity contribution < 1.29 is 38.9 Å². The molecule has 2 aliphatic carbocycles. The van der Waals surface area contributed by atoms with E-state index in [1.54, 1.807) is 19.3 Å². The molecule has 2 amide bonds. The second kappa shape index (κ2) is 20.4. The summed E-state index contributed by atoms with van der Waals surface area (Å²) in [5.74, 6) is -1.24. The Kier molecular flexibility index (Phi) is 14.6. The summed E-state index contributed by atoms with van der Waals surface area (Å²) in [6, 6.07) is 28.3. The topological polar surface area (TPSA) is 139 Å². The van der Waals surface area contributed by atoms with Crippen LogP contribution in [-0.4, -0.2) is 78.1 Å². The highest BCUT2D eigenvalue weighted by atomic mass is 16.7. The third-order valence-electron chi connectivity index (χ3n) is 12.4. The molecular weight excluding hydrogens is 771 g/mol. The van der Waals surface area contributed by atoms with Crippen molar-refractivity contribution in [3.63, 3.8) is 0 Å². The number of carbonyl (C=O) groups is 2. The van der Waals surface area contributed by atoms with Crippen LogP contribution in [-0.2, 0) is 16.1 Å². The second-order valence-electron chi connectivity index (χ2n) is 16.2. The van der Waals surface area contributed by atoms with Crippen molar-refractivity contribution >= 4 is 28.5 Å². The number of ether oxygens (including phenoxy) is 3. The van der Waals surface area contributed by atoms with Gasteiger partial charge in [-0.05, 0) is 96.2 Å². The number of hydrogen-bond donors (Lipinski definition) is 3. The molecule has 11 nitrogen and oxygen atoms in total. The first-order chi connectivity index (χ1) is 29.8. The van der Waals surface area contributed by atoms with E-state index in [1.807, 2.05) is 89.8 Å². The van der Waals surface area contributed by atoms with Crippen LogP contribution < -0.4 is 14.8 Å². The summed E-state index contributed by atoms with van der Waals surface area (Å²) in [7, 11) is 1.54. The molecule has 322 valence electrons. The zero-order chi connectivity index (χ0) is 42.8. The van der Waals surface area contributed by atoms with E-state index in [9.17, 15) is 15.0 Å². The van der Waals surface area contributed by atoms with Crippen molar-refractivity contribution in [2.45, 2.75) is 82.6 Å². The van der Waals surface area contributed by atoms with Crippen LogP contribution in [0.2, 0.25) is 0 Å². The Morgan fingerprint density at radius 3 is 2.44 bits per heavy atom. The number of fused-ring (bicyclic) bond motifs is 3. The predicted octanol–water partition coefficient (Wildman–Crippen LogP) is 8.94. The summed E-state index contributed by atoms with van der Waals surface area (Å²) in [6.07, 6.45) is 8.93. The minimum atomic E-state index is -1.40. The molecule has 1 saturated carbocycles. The number of nitrogens with zero attached hydrogens (tertiary/aromatic N) is 2. The van der Waals surface area contributed by atoms with E-state index in [1.165, 1.54) is 0 Å². The van der Waals surface area contributed by atoms with E-state index in [4.69, 9.17) is 24.2 Å². The maximum Gasteiger partial charge on any atom is 0.412 e. The van der Waals surface area contributed by atoms with Gasteiger partial charge in [0.1, 0.15) is 24.7 Å². The molecule has 0 aromatic heterocycles. The summed E-state index contributed by atoms with van der Waals surface area (Å²) in [5.41, 5.74) is 4.03. The van der Waals surface area contributed by atoms with E-state index in [0.29, 0.717) is 61.5 Å². The van der Waals surface area contributed by atoms with Gasteiger partial charge < -0.3 is 39.5 Å². The number of carbonyl (C=O) groups excluding carboxylic acids is 2. The largest absolute Gasteiger partial charge is 0.459 e. The monoisotopic (exact) mass is 829 g/mol. The summed E-state index contributed by atoms with van der Waals surface area (Å²) in [6.45, 7) is 7.16. The molecule has 11 heteroatoms. The molecule has 1 heterocycles. The molecule has 0 radical (unpaired) electrons. The molecule has 4 aromatic carbocycles. The number of amides is 2. The van der Waals surface area contributed by atoms with Gasteiger partial charge in [-0.2, -0.15) is 0 Å². The van der Waals surface area contributed by atoms with E-state index < -0.39 is 23.8 Å². The highest BCUT2D eigenvalue weighted by molar-refractivity contribution is 6.04. The van der Waals surface area contributed by atoms with Gasteiger partial charge in [0, 0.05) is 49.8 Å². The summed E-state index contributed by atoms with van der Waals surface area (Å²) >= 11 is 0. The number of oxime groups is 1. The number of benzene rings is 4. The summed E-state index contributed by atoms with van der Waals surface area (Å²) in [4.78, 5) is 35.8. The fraction of sp³-hybridized carbons (Fsp3) is 0.420. The number of allylic oxidation sites excluding steroid dienone is 1. The first-order valence-electron chi connectivity index (χ1n) is 21.8. The number of aliphatic hydroxyl groups excluding tert-OH is 2. The fourth-order valence-electron chi connectivity index (χ4n) is 9.86. The van der Waals surface area contributed by atoms with Crippen molar-refractivity contribution in [2.24, 2.45) is 22.9 Å². The molecule has 61 heavy (non-hydrogen) atoms. The summed E-state index contributed by atoms with van der Waals surface area (Å²) < 4.78 is 20.4. The van der Waals surface area contributed by atoms with Gasteiger partial charge in [0.2, 0.25) is 5.79 Å². The molecule has 1 fully saturated rings. The number of unbranched alkanes of at least 4 members (excludes halogenated alkanes) is 2. The standard InChI is InChI=1S/C50H59N3O8/c1-4-25-53(48(56)38-22-21-35-17-9-10-18-36(35)29-38)45-32-43(52-58-3)41-30-37(19-11-13-26-54)40(20-12-14-27-55)46-42-31-39(60-49(57)51-33-34-15-7-6-8-16-34)23-24-44(42)61-50(45,47(41)46)59-28-5-2/h5-10,15-18,21-24,29-31,37,40,45-47,54-55H,2,4,11-14,19-20,25-28,32-33H2,1,3H3,(H,51,57)/t37-,40+,45-,46+,47+,50+/m0/s1. The Morgan fingerprint density at radius 2 is 1.70 bits per heavy atom. The third-order valence-corrected chi connectivity index (χ3v) is 12.4. The molecule has 0 unspecified atom stereocenters. The molecule has 4 aromatic rings. The molecule has 1 aliphatic heterocycles. The number of hydrogen-bond acceptors (Lipinski definition) is 9. The van der Waals surface area contributed by atoms with Crippen LogP contribution in [0.3, 0.4) is 0 Å². The van der Waals surface area contributed by atoms with Gasteiger partial charge in [-0.15, -0.1) is 6.58 Å². The Labute approximate surface area is 359 Å². The first kappa shape index (κ1) is 43.6. The Hall–Kier alpha value is -5.49. The molecule has 3 N–H and O–H groups in total. The average molecular weight is 830 g/mol.